The first-order valence-electron chi connectivity index (χ1n) is 6.72. The summed E-state index contributed by atoms with van der Waals surface area (Å²) in [6, 6.07) is 6.43. The number of carbonyl (C=O) groups is 1. The van der Waals surface area contributed by atoms with Gasteiger partial charge in [0.25, 0.3) is 5.91 Å². The molecule has 0 saturated heterocycles. The van der Waals surface area contributed by atoms with Gasteiger partial charge in [-0.3, -0.25) is 4.79 Å². The van der Waals surface area contributed by atoms with Gasteiger partial charge in [0.1, 0.15) is 16.9 Å². The van der Waals surface area contributed by atoms with Gasteiger partial charge in [-0.1, -0.05) is 0 Å². The molecule has 0 radical (unpaired) electrons. The highest BCUT2D eigenvalue weighted by atomic mass is 32.1. The number of benzene rings is 1. The van der Waals surface area contributed by atoms with Crippen LogP contribution in [0.2, 0.25) is 0 Å². The molecule has 2 aromatic rings. The Labute approximate surface area is 126 Å². The number of nitrogens with zero attached hydrogens (tertiary/aromatic N) is 1. The smallest absolute Gasteiger partial charge is 0.256 e. The lowest BCUT2D eigenvalue weighted by Gasteiger charge is -2.05. The third-order valence-corrected chi connectivity index (χ3v) is 4.89. The van der Waals surface area contributed by atoms with Gasteiger partial charge in [-0.2, -0.15) is 5.26 Å². The van der Waals surface area contributed by atoms with Crippen LogP contribution in [0.15, 0.2) is 18.2 Å². The molecule has 0 unspecified atom stereocenters. The molecule has 0 spiro atoms. The van der Waals surface area contributed by atoms with E-state index in [1.807, 2.05) is 0 Å². The molecule has 1 heterocycles. The maximum absolute atomic E-state index is 13.2. The van der Waals surface area contributed by atoms with Crippen LogP contribution in [-0.4, -0.2) is 5.91 Å². The molecule has 21 heavy (non-hydrogen) atoms. The van der Waals surface area contributed by atoms with Crippen LogP contribution in [0.25, 0.3) is 0 Å². The fourth-order valence-corrected chi connectivity index (χ4v) is 3.81. The lowest BCUT2D eigenvalue weighted by atomic mass is 10.1. The number of hydrogen-bond donors (Lipinski definition) is 1. The van der Waals surface area contributed by atoms with E-state index >= 15 is 0 Å². The average molecular weight is 300 g/mol. The lowest BCUT2D eigenvalue weighted by Crippen LogP contribution is -2.12. The van der Waals surface area contributed by atoms with Gasteiger partial charge in [0.05, 0.1) is 5.56 Å². The Kier molecular flexibility index (Phi) is 3.48. The first-order chi connectivity index (χ1) is 10.1. The minimum atomic E-state index is -0.334. The molecule has 0 saturated carbocycles. The SMILES string of the molecule is Cc1cc(C(=O)Nc2sc3c(c2C#N)CCC3)ccc1F. The predicted molar refractivity (Wildman–Crippen MR) is 80.1 cm³/mol. The number of rotatable bonds is 2. The highest BCUT2D eigenvalue weighted by Gasteiger charge is 2.23. The molecule has 0 fully saturated rings. The summed E-state index contributed by atoms with van der Waals surface area (Å²) in [5.74, 6) is -0.645. The minimum Gasteiger partial charge on any atom is -0.312 e. The number of nitriles is 1. The normalized spacial score (nSPS) is 12.8. The molecule has 1 N–H and O–H groups in total. The highest BCUT2D eigenvalue weighted by molar-refractivity contribution is 7.16. The Hall–Kier alpha value is -2.19. The van der Waals surface area contributed by atoms with Crippen LogP contribution in [0.4, 0.5) is 9.39 Å². The van der Waals surface area contributed by atoms with Gasteiger partial charge in [0, 0.05) is 10.4 Å². The van der Waals surface area contributed by atoms with Crippen molar-refractivity contribution in [2.45, 2.75) is 26.2 Å². The van der Waals surface area contributed by atoms with Crippen LogP contribution >= 0.6 is 11.3 Å². The van der Waals surface area contributed by atoms with Crippen LogP contribution in [0.1, 0.15) is 38.3 Å². The van der Waals surface area contributed by atoms with E-state index in [-0.39, 0.29) is 11.7 Å². The average Bonchev–Trinajstić information content (AvgIpc) is 3.02. The Morgan fingerprint density at radius 1 is 1.43 bits per heavy atom. The standard InChI is InChI=1S/C16H13FN2OS/c1-9-7-10(5-6-13(9)17)15(20)19-16-12(8-18)11-3-2-4-14(11)21-16/h5-7H,2-4H2,1H3,(H,19,20). The zero-order valence-electron chi connectivity index (χ0n) is 11.5. The van der Waals surface area contributed by atoms with Crippen molar-refractivity contribution in [3.05, 3.63) is 51.1 Å². The monoisotopic (exact) mass is 300 g/mol. The fourth-order valence-electron chi connectivity index (χ4n) is 2.57. The molecule has 3 nitrogen and oxygen atoms in total. The zero-order valence-corrected chi connectivity index (χ0v) is 12.3. The third kappa shape index (κ3) is 2.43. The molecular formula is C16H13FN2OS. The topological polar surface area (TPSA) is 52.9 Å². The van der Waals surface area contributed by atoms with Crippen molar-refractivity contribution in [3.63, 3.8) is 0 Å². The maximum atomic E-state index is 13.2. The first-order valence-corrected chi connectivity index (χ1v) is 7.54. The van der Waals surface area contributed by atoms with Gasteiger partial charge in [0.2, 0.25) is 0 Å². The molecule has 0 bridgehead atoms. The largest absolute Gasteiger partial charge is 0.312 e. The number of aryl methyl sites for hydroxylation is 2. The van der Waals surface area contributed by atoms with E-state index in [1.165, 1.54) is 34.4 Å². The molecule has 0 aliphatic heterocycles. The molecule has 1 aliphatic carbocycles. The van der Waals surface area contributed by atoms with E-state index in [9.17, 15) is 14.4 Å². The summed E-state index contributed by atoms with van der Waals surface area (Å²) in [6.07, 6.45) is 2.95. The van der Waals surface area contributed by atoms with Crippen molar-refractivity contribution in [2.24, 2.45) is 0 Å². The summed E-state index contributed by atoms with van der Waals surface area (Å²) in [5, 5.41) is 12.7. The molecule has 0 atom stereocenters. The fraction of sp³-hybridized carbons (Fsp3) is 0.250. The van der Waals surface area contributed by atoms with Crippen LogP contribution in [0, 0.1) is 24.1 Å². The number of halogens is 1. The van der Waals surface area contributed by atoms with E-state index < -0.39 is 0 Å². The van der Waals surface area contributed by atoms with Gasteiger partial charge >= 0.3 is 0 Å². The van der Waals surface area contributed by atoms with Gasteiger partial charge in [-0.25, -0.2) is 4.39 Å². The summed E-state index contributed by atoms with van der Waals surface area (Å²) >= 11 is 1.48. The molecule has 1 aromatic carbocycles. The van der Waals surface area contributed by atoms with Crippen LogP contribution in [0.3, 0.4) is 0 Å². The number of fused-ring (bicyclic) bond motifs is 1. The summed E-state index contributed by atoms with van der Waals surface area (Å²) in [6.45, 7) is 1.62. The molecule has 5 heteroatoms. The molecule has 3 rings (SSSR count). The first kappa shape index (κ1) is 13.8. The van der Waals surface area contributed by atoms with Crippen molar-refractivity contribution < 1.29 is 9.18 Å². The Bertz CT molecular complexity index is 773. The van der Waals surface area contributed by atoms with E-state index in [1.54, 1.807) is 6.92 Å². The second kappa shape index (κ2) is 5.30. The maximum Gasteiger partial charge on any atom is 0.256 e. The third-order valence-electron chi connectivity index (χ3n) is 3.68. The lowest BCUT2D eigenvalue weighted by molar-refractivity contribution is 0.102. The van der Waals surface area contributed by atoms with Gasteiger partial charge in [0.15, 0.2) is 0 Å². The molecular weight excluding hydrogens is 287 g/mol. The number of amides is 1. The number of thiophene rings is 1. The van der Waals surface area contributed by atoms with E-state index in [0.717, 1.165) is 24.8 Å². The van der Waals surface area contributed by atoms with Crippen LogP contribution in [0.5, 0.6) is 0 Å². The van der Waals surface area contributed by atoms with Crippen molar-refractivity contribution in [3.8, 4) is 6.07 Å². The van der Waals surface area contributed by atoms with Crippen LogP contribution in [-0.2, 0) is 12.8 Å². The van der Waals surface area contributed by atoms with Crippen molar-refractivity contribution in [1.82, 2.24) is 0 Å². The second-order valence-electron chi connectivity index (χ2n) is 5.09. The summed E-state index contributed by atoms with van der Waals surface area (Å²) < 4.78 is 13.2. The van der Waals surface area contributed by atoms with Crippen molar-refractivity contribution >= 4 is 22.2 Å². The van der Waals surface area contributed by atoms with Gasteiger partial charge in [-0.05, 0) is 55.5 Å². The Morgan fingerprint density at radius 3 is 2.95 bits per heavy atom. The summed E-state index contributed by atoms with van der Waals surface area (Å²) in [4.78, 5) is 13.4. The van der Waals surface area contributed by atoms with Gasteiger partial charge in [-0.15, -0.1) is 11.3 Å². The van der Waals surface area contributed by atoms with Crippen LogP contribution < -0.4 is 5.32 Å². The molecule has 1 aliphatic rings. The Balaban J connectivity index is 1.88. The number of hydrogen-bond acceptors (Lipinski definition) is 3. The molecule has 1 amide bonds. The number of carbonyl (C=O) groups excluding carboxylic acids is 1. The van der Waals surface area contributed by atoms with Gasteiger partial charge < -0.3 is 5.32 Å². The summed E-state index contributed by atoms with van der Waals surface area (Å²) in [7, 11) is 0. The predicted octanol–water partition coefficient (Wildman–Crippen LogP) is 3.81. The molecule has 1 aromatic heterocycles. The minimum absolute atomic E-state index is 0.311. The van der Waals surface area contributed by atoms with E-state index in [0.29, 0.717) is 21.7 Å². The summed E-state index contributed by atoms with van der Waals surface area (Å²) in [5.41, 5.74) is 2.48. The zero-order chi connectivity index (χ0) is 15.0. The number of anilines is 1. The number of nitrogens with one attached hydrogen (secondary N) is 1. The molecule has 106 valence electrons. The van der Waals surface area contributed by atoms with Crippen molar-refractivity contribution in [1.29, 1.82) is 5.26 Å². The van der Waals surface area contributed by atoms with E-state index in [2.05, 4.69) is 11.4 Å². The second-order valence-corrected chi connectivity index (χ2v) is 6.20. The quantitative estimate of drug-likeness (QED) is 0.917. The Morgan fingerprint density at radius 2 is 2.24 bits per heavy atom. The highest BCUT2D eigenvalue weighted by Crippen LogP contribution is 2.38. The van der Waals surface area contributed by atoms with Crippen molar-refractivity contribution in [2.75, 3.05) is 5.32 Å². The van der Waals surface area contributed by atoms with E-state index in [4.69, 9.17) is 0 Å².